The molecule has 0 aromatic heterocycles. The molecule has 0 spiro atoms. The van der Waals surface area contributed by atoms with Crippen LogP contribution in [0.2, 0.25) is 0 Å². The molecule has 0 saturated carbocycles. The van der Waals surface area contributed by atoms with Crippen LogP contribution in [0.15, 0.2) is 0 Å². The van der Waals surface area contributed by atoms with Gasteiger partial charge in [0.05, 0.1) is 5.88 Å². The number of hydrogen-bond acceptors (Lipinski definition) is 4. The molecule has 0 unspecified atom stereocenters. The van der Waals surface area contributed by atoms with Crippen molar-refractivity contribution in [3.8, 4) is 0 Å². The van der Waals surface area contributed by atoms with Gasteiger partial charge in [0, 0.05) is 25.9 Å². The fourth-order valence-corrected chi connectivity index (χ4v) is 2.57. The highest BCUT2D eigenvalue weighted by atomic mass is 32.2. The first-order valence-electron chi connectivity index (χ1n) is 5.04. The van der Waals surface area contributed by atoms with Crippen LogP contribution in [-0.4, -0.2) is 71.8 Å². The van der Waals surface area contributed by atoms with Crippen molar-refractivity contribution in [3.05, 3.63) is 0 Å². The number of carbonyl (C=O) groups excluding carboxylic acids is 1. The number of rotatable bonds is 4. The van der Waals surface area contributed by atoms with Crippen molar-refractivity contribution in [2.45, 2.75) is 6.04 Å². The number of thioether (sulfide) groups is 1. The third kappa shape index (κ3) is 3.02. The lowest BCUT2D eigenvalue weighted by Gasteiger charge is -2.26. The summed E-state index contributed by atoms with van der Waals surface area (Å²) in [5.74, 6) is 0.000969. The van der Waals surface area contributed by atoms with Crippen molar-refractivity contribution in [1.29, 1.82) is 0 Å². The van der Waals surface area contributed by atoms with E-state index in [0.29, 0.717) is 24.7 Å². The highest BCUT2D eigenvalue weighted by Gasteiger charge is 2.35. The van der Waals surface area contributed by atoms with Gasteiger partial charge in [0.15, 0.2) is 0 Å². The molecule has 2 amide bonds. The molecule has 92 valence electrons. The minimum Gasteiger partial charge on any atom is -0.480 e. The Hall–Kier alpha value is -0.950. The predicted molar refractivity (Wildman–Crippen MR) is 62.5 cm³/mol. The van der Waals surface area contributed by atoms with Crippen molar-refractivity contribution in [1.82, 2.24) is 15.1 Å². The molecule has 1 fully saturated rings. The first kappa shape index (κ1) is 13.1. The van der Waals surface area contributed by atoms with Crippen LogP contribution >= 0.6 is 11.8 Å². The number of carboxylic acid groups (broad SMARTS) is 1. The molecule has 1 atom stereocenters. The van der Waals surface area contributed by atoms with Crippen LogP contribution in [0.1, 0.15) is 0 Å². The second-order valence-electron chi connectivity index (χ2n) is 3.63. The summed E-state index contributed by atoms with van der Waals surface area (Å²) in [6.45, 7) is 1.27. The highest BCUT2D eigenvalue weighted by molar-refractivity contribution is 7.99. The number of likely N-dealkylation sites (N-methyl/N-ethyl adjacent to an activating group) is 2. The number of urea groups is 1. The molecule has 0 radical (unpaired) electrons. The number of amides is 2. The molecule has 1 aliphatic heterocycles. The van der Waals surface area contributed by atoms with E-state index in [-0.39, 0.29) is 6.03 Å². The molecule has 0 bridgehead atoms. The maximum Gasteiger partial charge on any atom is 0.327 e. The molecule has 1 rings (SSSR count). The van der Waals surface area contributed by atoms with Crippen LogP contribution in [0.5, 0.6) is 0 Å². The normalized spacial score (nSPS) is 19.9. The van der Waals surface area contributed by atoms with Gasteiger partial charge in [-0.2, -0.15) is 0 Å². The Labute approximate surface area is 99.0 Å². The Kier molecular flexibility index (Phi) is 4.88. The van der Waals surface area contributed by atoms with Gasteiger partial charge in [0.1, 0.15) is 6.04 Å². The third-order valence-electron chi connectivity index (χ3n) is 2.44. The van der Waals surface area contributed by atoms with Gasteiger partial charge in [0.2, 0.25) is 0 Å². The number of nitrogens with zero attached hydrogens (tertiary/aromatic N) is 2. The average Bonchev–Trinajstić information content (AvgIpc) is 2.73. The minimum atomic E-state index is -0.930. The predicted octanol–water partition coefficient (Wildman–Crippen LogP) is -0.283. The average molecular weight is 247 g/mol. The van der Waals surface area contributed by atoms with Gasteiger partial charge >= 0.3 is 12.0 Å². The summed E-state index contributed by atoms with van der Waals surface area (Å²) >= 11 is 1.47. The second-order valence-corrected chi connectivity index (χ2v) is 4.63. The second kappa shape index (κ2) is 5.95. The van der Waals surface area contributed by atoms with Crippen molar-refractivity contribution < 1.29 is 14.7 Å². The van der Waals surface area contributed by atoms with E-state index in [9.17, 15) is 9.59 Å². The zero-order valence-corrected chi connectivity index (χ0v) is 10.3. The summed E-state index contributed by atoms with van der Waals surface area (Å²) in [6.07, 6.45) is 0. The third-order valence-corrected chi connectivity index (χ3v) is 3.45. The molecule has 0 aromatic rings. The number of hydrogen-bond donors (Lipinski definition) is 2. The Morgan fingerprint density at radius 1 is 1.62 bits per heavy atom. The number of carbonyl (C=O) groups is 2. The molecule has 2 N–H and O–H groups in total. The molecular weight excluding hydrogens is 230 g/mol. The van der Waals surface area contributed by atoms with E-state index in [2.05, 4.69) is 5.32 Å². The van der Waals surface area contributed by atoms with Crippen molar-refractivity contribution in [2.24, 2.45) is 0 Å². The summed E-state index contributed by atoms with van der Waals surface area (Å²) in [7, 11) is 3.49. The summed E-state index contributed by atoms with van der Waals surface area (Å²) in [6, 6.07) is -0.901. The Morgan fingerprint density at radius 3 is 2.88 bits per heavy atom. The van der Waals surface area contributed by atoms with E-state index in [4.69, 9.17) is 5.11 Å². The lowest BCUT2D eigenvalue weighted by Crippen LogP contribution is -2.48. The maximum atomic E-state index is 11.9. The number of aliphatic carboxylic acids is 1. The van der Waals surface area contributed by atoms with E-state index in [1.807, 2.05) is 7.05 Å². The van der Waals surface area contributed by atoms with E-state index in [0.717, 1.165) is 0 Å². The molecule has 6 nitrogen and oxygen atoms in total. The van der Waals surface area contributed by atoms with Gasteiger partial charge in [-0.3, -0.25) is 0 Å². The Bertz CT molecular complexity index is 275. The summed E-state index contributed by atoms with van der Waals surface area (Å²) in [5, 5.41) is 11.9. The topological polar surface area (TPSA) is 72.9 Å². The molecule has 7 heteroatoms. The molecule has 1 heterocycles. The SMILES string of the molecule is CNCCN(C)C(=O)N1CSC[C@H]1C(=O)O. The van der Waals surface area contributed by atoms with Crippen molar-refractivity contribution >= 4 is 23.8 Å². The fourth-order valence-electron chi connectivity index (χ4n) is 1.43. The Morgan fingerprint density at radius 2 is 2.31 bits per heavy atom. The minimum absolute atomic E-state index is 0.215. The largest absolute Gasteiger partial charge is 0.480 e. The van der Waals surface area contributed by atoms with Gasteiger partial charge in [0.25, 0.3) is 0 Å². The fraction of sp³-hybridized carbons (Fsp3) is 0.778. The zero-order chi connectivity index (χ0) is 12.1. The molecular formula is C9H17N3O3S. The van der Waals surface area contributed by atoms with Crippen LogP contribution in [0.25, 0.3) is 0 Å². The molecule has 0 aromatic carbocycles. The standard InChI is InChI=1S/C9H17N3O3S/c1-10-3-4-11(2)9(15)12-6-16-5-7(12)8(13)14/h7,10H,3-6H2,1-2H3,(H,13,14)/t7-/m0/s1. The lowest BCUT2D eigenvalue weighted by molar-refractivity contribution is -0.140. The van der Waals surface area contributed by atoms with Crippen LogP contribution in [-0.2, 0) is 4.79 Å². The van der Waals surface area contributed by atoms with Gasteiger partial charge in [-0.1, -0.05) is 0 Å². The highest BCUT2D eigenvalue weighted by Crippen LogP contribution is 2.22. The molecule has 1 aliphatic rings. The lowest BCUT2D eigenvalue weighted by atomic mass is 10.3. The quantitative estimate of drug-likeness (QED) is 0.714. The number of carboxylic acids is 1. The van der Waals surface area contributed by atoms with Gasteiger partial charge in [-0.25, -0.2) is 9.59 Å². The monoisotopic (exact) mass is 247 g/mol. The van der Waals surface area contributed by atoms with Crippen LogP contribution < -0.4 is 5.32 Å². The van der Waals surface area contributed by atoms with E-state index in [1.165, 1.54) is 16.7 Å². The van der Waals surface area contributed by atoms with E-state index in [1.54, 1.807) is 11.9 Å². The zero-order valence-electron chi connectivity index (χ0n) is 9.47. The summed E-state index contributed by atoms with van der Waals surface area (Å²) in [4.78, 5) is 25.8. The van der Waals surface area contributed by atoms with Crippen molar-refractivity contribution in [3.63, 3.8) is 0 Å². The molecule has 0 aliphatic carbocycles. The van der Waals surface area contributed by atoms with Gasteiger partial charge in [-0.05, 0) is 7.05 Å². The maximum absolute atomic E-state index is 11.9. The summed E-state index contributed by atoms with van der Waals surface area (Å²) < 4.78 is 0. The first-order valence-corrected chi connectivity index (χ1v) is 6.20. The number of nitrogens with one attached hydrogen (secondary N) is 1. The molecule has 1 saturated heterocycles. The first-order chi connectivity index (χ1) is 7.57. The smallest absolute Gasteiger partial charge is 0.327 e. The van der Waals surface area contributed by atoms with E-state index < -0.39 is 12.0 Å². The van der Waals surface area contributed by atoms with Crippen LogP contribution in [0.3, 0.4) is 0 Å². The van der Waals surface area contributed by atoms with Crippen molar-refractivity contribution in [2.75, 3.05) is 38.8 Å². The van der Waals surface area contributed by atoms with Crippen LogP contribution in [0, 0.1) is 0 Å². The summed E-state index contributed by atoms with van der Waals surface area (Å²) in [5.41, 5.74) is 0. The molecule has 16 heavy (non-hydrogen) atoms. The van der Waals surface area contributed by atoms with Gasteiger partial charge in [-0.15, -0.1) is 11.8 Å². The van der Waals surface area contributed by atoms with Gasteiger partial charge < -0.3 is 20.2 Å². The van der Waals surface area contributed by atoms with E-state index >= 15 is 0 Å². The Balaban J connectivity index is 2.55. The van der Waals surface area contributed by atoms with Crippen LogP contribution in [0.4, 0.5) is 4.79 Å².